The monoisotopic (exact) mass is 455 g/mol. The number of anilines is 1. The van der Waals surface area contributed by atoms with Crippen LogP contribution in [0.1, 0.15) is 72.9 Å². The van der Waals surface area contributed by atoms with Gasteiger partial charge < -0.3 is 5.32 Å². The first kappa shape index (κ1) is 24.9. The van der Waals surface area contributed by atoms with E-state index in [1.54, 1.807) is 30.5 Å². The molecule has 176 valence electrons. The maximum atomic E-state index is 12.5. The predicted octanol–water partition coefficient (Wildman–Crippen LogP) is 6.53. The van der Waals surface area contributed by atoms with Crippen LogP contribution in [0.4, 0.5) is 5.69 Å². The maximum Gasteiger partial charge on any atom is 0.271 e. The molecule has 2 N–H and O–H groups in total. The van der Waals surface area contributed by atoms with E-state index in [2.05, 4.69) is 22.8 Å². The second-order valence-corrected chi connectivity index (χ2v) is 8.31. The van der Waals surface area contributed by atoms with Crippen molar-refractivity contribution in [3.63, 3.8) is 0 Å². The lowest BCUT2D eigenvalue weighted by Crippen LogP contribution is -2.18. The van der Waals surface area contributed by atoms with E-state index in [9.17, 15) is 9.59 Å². The Morgan fingerprint density at radius 3 is 1.97 bits per heavy atom. The quantitative estimate of drug-likeness (QED) is 0.185. The molecule has 34 heavy (non-hydrogen) atoms. The van der Waals surface area contributed by atoms with Crippen LogP contribution in [-0.4, -0.2) is 18.0 Å². The molecule has 0 saturated carbocycles. The molecule has 0 bridgehead atoms. The highest BCUT2D eigenvalue weighted by atomic mass is 16.2. The molecule has 2 amide bonds. The Balaban J connectivity index is 1.54. The number of carbonyl (C=O) groups is 2. The number of hydrogen-bond acceptors (Lipinski definition) is 3. The Labute approximate surface area is 202 Å². The van der Waals surface area contributed by atoms with Crippen molar-refractivity contribution in [3.05, 3.63) is 102 Å². The van der Waals surface area contributed by atoms with Crippen molar-refractivity contribution in [2.24, 2.45) is 5.10 Å². The highest BCUT2D eigenvalue weighted by Gasteiger charge is 2.12. The Morgan fingerprint density at radius 2 is 1.38 bits per heavy atom. The predicted molar refractivity (Wildman–Crippen MR) is 139 cm³/mol. The molecule has 0 fully saturated rings. The van der Waals surface area contributed by atoms with Crippen LogP contribution < -0.4 is 10.7 Å². The zero-order chi connectivity index (χ0) is 24.0. The molecule has 5 heteroatoms. The third-order valence-electron chi connectivity index (χ3n) is 5.65. The van der Waals surface area contributed by atoms with Gasteiger partial charge in [-0.1, -0.05) is 93.3 Å². The molecule has 0 atom stereocenters. The number of unbranched alkanes of at least 4 members (excludes halogenated alkanes) is 4. The summed E-state index contributed by atoms with van der Waals surface area (Å²) in [7, 11) is 0. The van der Waals surface area contributed by atoms with Gasteiger partial charge >= 0.3 is 0 Å². The fourth-order valence-electron chi connectivity index (χ4n) is 3.74. The lowest BCUT2D eigenvalue weighted by molar-refractivity contribution is -0.116. The van der Waals surface area contributed by atoms with Crippen LogP contribution in [-0.2, 0) is 4.79 Å². The van der Waals surface area contributed by atoms with Crippen LogP contribution in [0.3, 0.4) is 0 Å². The smallest absolute Gasteiger partial charge is 0.271 e. The molecule has 0 aliphatic carbocycles. The molecule has 0 spiro atoms. The van der Waals surface area contributed by atoms with Gasteiger partial charge in [0.1, 0.15) is 0 Å². The van der Waals surface area contributed by atoms with Crippen molar-refractivity contribution < 1.29 is 9.59 Å². The molecule has 0 unspecified atom stereocenters. The minimum Gasteiger partial charge on any atom is -0.326 e. The number of nitrogens with zero attached hydrogens (tertiary/aromatic N) is 1. The van der Waals surface area contributed by atoms with Gasteiger partial charge in [-0.2, -0.15) is 5.10 Å². The second-order valence-electron chi connectivity index (χ2n) is 8.31. The van der Waals surface area contributed by atoms with E-state index in [4.69, 9.17) is 0 Å². The molecular formula is C29H33N3O2. The van der Waals surface area contributed by atoms with E-state index < -0.39 is 0 Å². The van der Waals surface area contributed by atoms with E-state index in [1.165, 1.54) is 19.3 Å². The van der Waals surface area contributed by atoms with Gasteiger partial charge in [0.2, 0.25) is 5.91 Å². The summed E-state index contributed by atoms with van der Waals surface area (Å²) >= 11 is 0. The van der Waals surface area contributed by atoms with Gasteiger partial charge in [-0.15, -0.1) is 0 Å². The normalized spacial score (nSPS) is 11.0. The lowest BCUT2D eigenvalue weighted by atomic mass is 9.92. The van der Waals surface area contributed by atoms with E-state index in [0.717, 1.165) is 24.0 Å². The molecule has 0 saturated heterocycles. The third kappa shape index (κ3) is 8.00. The van der Waals surface area contributed by atoms with Crippen molar-refractivity contribution in [1.29, 1.82) is 0 Å². The highest BCUT2D eigenvalue weighted by Crippen LogP contribution is 2.22. The molecule has 3 aromatic rings. The number of nitrogens with one attached hydrogen (secondary N) is 2. The molecule has 0 heterocycles. The minimum absolute atomic E-state index is 0.00571. The SMILES string of the molecule is CCCCCCCC(=O)Nc1ccc(C(=O)N/N=C\C(c2ccccc2)c2ccccc2)cc1. The summed E-state index contributed by atoms with van der Waals surface area (Å²) in [4.78, 5) is 24.6. The van der Waals surface area contributed by atoms with Crippen molar-refractivity contribution in [2.75, 3.05) is 5.32 Å². The fourth-order valence-corrected chi connectivity index (χ4v) is 3.74. The molecular weight excluding hydrogens is 422 g/mol. The first-order chi connectivity index (χ1) is 16.7. The van der Waals surface area contributed by atoms with Crippen LogP contribution in [0.25, 0.3) is 0 Å². The summed E-state index contributed by atoms with van der Waals surface area (Å²) < 4.78 is 0. The highest BCUT2D eigenvalue weighted by molar-refractivity contribution is 5.96. The Kier molecular flexibility index (Phi) is 10.1. The Morgan fingerprint density at radius 1 is 0.794 bits per heavy atom. The summed E-state index contributed by atoms with van der Waals surface area (Å²) in [5.41, 5.74) is 5.97. The standard InChI is InChI=1S/C29H33N3O2/c1-2-3-4-5-12-17-28(33)31-26-20-18-25(19-21-26)29(34)32-30-22-27(23-13-8-6-9-14-23)24-15-10-7-11-16-24/h6-11,13-16,18-22,27H,2-5,12,17H2,1H3,(H,31,33)(H,32,34)/b30-22-. The van der Waals surface area contributed by atoms with Crippen molar-refractivity contribution in [1.82, 2.24) is 5.43 Å². The topological polar surface area (TPSA) is 70.6 Å². The molecule has 0 aromatic heterocycles. The van der Waals surface area contributed by atoms with Gasteiger partial charge in [0.15, 0.2) is 0 Å². The number of hydrazone groups is 1. The van der Waals surface area contributed by atoms with Crippen LogP contribution in [0, 0.1) is 0 Å². The van der Waals surface area contributed by atoms with Crippen LogP contribution in [0.15, 0.2) is 90.0 Å². The average Bonchev–Trinajstić information content (AvgIpc) is 2.88. The first-order valence-electron chi connectivity index (χ1n) is 12.0. The van der Waals surface area contributed by atoms with E-state index in [-0.39, 0.29) is 17.7 Å². The molecule has 0 radical (unpaired) electrons. The van der Waals surface area contributed by atoms with Gasteiger partial charge in [-0.25, -0.2) is 5.43 Å². The summed E-state index contributed by atoms with van der Waals surface area (Å²) in [6, 6.07) is 27.0. The minimum atomic E-state index is -0.301. The number of carbonyl (C=O) groups excluding carboxylic acids is 2. The van der Waals surface area contributed by atoms with E-state index in [0.29, 0.717) is 17.7 Å². The Hall–Kier alpha value is -3.73. The zero-order valence-corrected chi connectivity index (χ0v) is 19.7. The average molecular weight is 456 g/mol. The lowest BCUT2D eigenvalue weighted by Gasteiger charge is -2.13. The van der Waals surface area contributed by atoms with Crippen molar-refractivity contribution >= 4 is 23.7 Å². The first-order valence-corrected chi connectivity index (χ1v) is 12.0. The second kappa shape index (κ2) is 13.7. The molecule has 3 aromatic carbocycles. The number of rotatable bonds is 12. The van der Waals surface area contributed by atoms with Crippen LogP contribution in [0.2, 0.25) is 0 Å². The Bertz CT molecular complexity index is 1010. The van der Waals surface area contributed by atoms with E-state index >= 15 is 0 Å². The number of amides is 2. The van der Waals surface area contributed by atoms with E-state index in [1.807, 2.05) is 60.7 Å². The van der Waals surface area contributed by atoms with Gasteiger partial charge in [0.05, 0.1) is 0 Å². The van der Waals surface area contributed by atoms with Crippen LogP contribution >= 0.6 is 0 Å². The summed E-state index contributed by atoms with van der Waals surface area (Å²) in [6.45, 7) is 2.18. The molecule has 0 aliphatic rings. The van der Waals surface area contributed by atoms with Crippen LogP contribution in [0.5, 0.6) is 0 Å². The van der Waals surface area contributed by atoms with Gasteiger partial charge in [0.25, 0.3) is 5.91 Å². The van der Waals surface area contributed by atoms with Gasteiger partial charge in [0, 0.05) is 29.8 Å². The molecule has 5 nitrogen and oxygen atoms in total. The largest absolute Gasteiger partial charge is 0.326 e. The van der Waals surface area contributed by atoms with Crippen molar-refractivity contribution in [2.45, 2.75) is 51.4 Å². The van der Waals surface area contributed by atoms with Gasteiger partial charge in [-0.3, -0.25) is 9.59 Å². The fraction of sp³-hybridized carbons (Fsp3) is 0.276. The molecule has 3 rings (SSSR count). The summed E-state index contributed by atoms with van der Waals surface area (Å²) in [5.74, 6) is -0.363. The van der Waals surface area contributed by atoms with Gasteiger partial charge in [-0.05, 0) is 41.8 Å². The maximum absolute atomic E-state index is 12.5. The zero-order valence-electron chi connectivity index (χ0n) is 19.7. The molecule has 0 aliphatic heterocycles. The summed E-state index contributed by atoms with van der Waals surface area (Å²) in [6.07, 6.45) is 7.83. The number of benzene rings is 3. The summed E-state index contributed by atoms with van der Waals surface area (Å²) in [5, 5.41) is 7.13. The number of hydrogen-bond donors (Lipinski definition) is 2. The third-order valence-corrected chi connectivity index (χ3v) is 5.65. The van der Waals surface area contributed by atoms with Crippen molar-refractivity contribution in [3.8, 4) is 0 Å².